The highest BCUT2D eigenvalue weighted by Crippen LogP contribution is 2.07. The first-order valence-electron chi connectivity index (χ1n) is 7.20. The van der Waals surface area contributed by atoms with Gasteiger partial charge in [-0.3, -0.25) is 4.79 Å². The summed E-state index contributed by atoms with van der Waals surface area (Å²) in [5, 5.41) is 5.98. The van der Waals surface area contributed by atoms with Gasteiger partial charge in [-0.25, -0.2) is 8.42 Å². The molecule has 1 aromatic rings. The maximum Gasteiger partial charge on any atom is 0.221 e. The molecule has 1 aliphatic heterocycles. The topological polar surface area (TPSA) is 88.4 Å². The van der Waals surface area contributed by atoms with E-state index in [1.807, 2.05) is 19.1 Å². The summed E-state index contributed by atoms with van der Waals surface area (Å²) in [5.74, 6) is 0.985. The van der Waals surface area contributed by atoms with Crippen molar-refractivity contribution in [2.24, 2.45) is 0 Å². The van der Waals surface area contributed by atoms with E-state index in [4.69, 9.17) is 4.42 Å². The minimum Gasteiger partial charge on any atom is -0.469 e. The largest absolute Gasteiger partial charge is 0.469 e. The fourth-order valence-electron chi connectivity index (χ4n) is 2.44. The molecule has 1 fully saturated rings. The molecule has 2 N–H and O–H groups in total. The third kappa shape index (κ3) is 5.51. The van der Waals surface area contributed by atoms with Crippen molar-refractivity contribution in [2.75, 3.05) is 18.1 Å². The Labute approximate surface area is 125 Å². The molecular weight excluding hydrogens is 292 g/mol. The molecule has 1 aliphatic rings. The van der Waals surface area contributed by atoms with E-state index in [1.54, 1.807) is 6.26 Å². The molecule has 0 saturated carbocycles. The van der Waals surface area contributed by atoms with E-state index in [9.17, 15) is 13.2 Å². The molecular formula is C14H22N2O4S. The van der Waals surface area contributed by atoms with Gasteiger partial charge in [0.2, 0.25) is 5.91 Å². The van der Waals surface area contributed by atoms with Crippen LogP contribution in [0.4, 0.5) is 0 Å². The number of furan rings is 1. The standard InChI is InChI=1S/C14H22N2O4S/c1-11(4-5-13-3-2-7-20-13)16-14(17)9-12-10-21(18,19)8-6-15-12/h2-3,7,11-12,15H,4-6,8-10H2,1H3,(H,16,17). The van der Waals surface area contributed by atoms with E-state index >= 15 is 0 Å². The molecule has 2 heterocycles. The van der Waals surface area contributed by atoms with Gasteiger partial charge in [0.15, 0.2) is 9.84 Å². The van der Waals surface area contributed by atoms with Crippen molar-refractivity contribution >= 4 is 15.7 Å². The van der Waals surface area contributed by atoms with Gasteiger partial charge in [0.25, 0.3) is 0 Å². The summed E-state index contributed by atoms with van der Waals surface area (Å²) in [4.78, 5) is 11.9. The lowest BCUT2D eigenvalue weighted by Gasteiger charge is -2.24. The van der Waals surface area contributed by atoms with E-state index in [2.05, 4.69) is 10.6 Å². The average Bonchev–Trinajstić information content (AvgIpc) is 2.88. The maximum atomic E-state index is 11.9. The van der Waals surface area contributed by atoms with Crippen molar-refractivity contribution in [3.05, 3.63) is 24.2 Å². The molecule has 21 heavy (non-hydrogen) atoms. The van der Waals surface area contributed by atoms with Gasteiger partial charge in [-0.05, 0) is 25.5 Å². The Morgan fingerprint density at radius 3 is 3.05 bits per heavy atom. The first-order chi connectivity index (χ1) is 9.94. The fraction of sp³-hybridized carbons (Fsp3) is 0.643. The van der Waals surface area contributed by atoms with E-state index in [0.29, 0.717) is 6.54 Å². The summed E-state index contributed by atoms with van der Waals surface area (Å²) < 4.78 is 28.3. The van der Waals surface area contributed by atoms with Crippen LogP contribution in [0.25, 0.3) is 0 Å². The number of carbonyl (C=O) groups excluding carboxylic acids is 1. The molecule has 1 aromatic heterocycles. The lowest BCUT2D eigenvalue weighted by atomic mass is 10.1. The van der Waals surface area contributed by atoms with Crippen LogP contribution in [0, 0.1) is 0 Å². The van der Waals surface area contributed by atoms with Crippen LogP contribution in [-0.2, 0) is 21.1 Å². The van der Waals surface area contributed by atoms with Crippen molar-refractivity contribution in [2.45, 2.75) is 38.3 Å². The van der Waals surface area contributed by atoms with Gasteiger partial charge in [0.1, 0.15) is 5.76 Å². The third-order valence-corrected chi connectivity index (χ3v) is 5.28. The number of amides is 1. The minimum absolute atomic E-state index is 0.0304. The highest BCUT2D eigenvalue weighted by atomic mass is 32.2. The summed E-state index contributed by atoms with van der Waals surface area (Å²) in [6, 6.07) is 3.50. The van der Waals surface area contributed by atoms with Crippen molar-refractivity contribution < 1.29 is 17.6 Å². The highest BCUT2D eigenvalue weighted by Gasteiger charge is 2.26. The summed E-state index contributed by atoms with van der Waals surface area (Å²) in [5.41, 5.74) is 0. The second-order valence-electron chi connectivity index (χ2n) is 5.56. The summed E-state index contributed by atoms with van der Waals surface area (Å²) >= 11 is 0. The molecule has 0 aromatic carbocycles. The molecule has 0 spiro atoms. The van der Waals surface area contributed by atoms with Gasteiger partial charge in [-0.1, -0.05) is 0 Å². The Morgan fingerprint density at radius 1 is 1.57 bits per heavy atom. The second-order valence-corrected chi connectivity index (χ2v) is 7.78. The zero-order chi connectivity index (χ0) is 15.3. The molecule has 6 nitrogen and oxygen atoms in total. The molecule has 0 bridgehead atoms. The lowest BCUT2D eigenvalue weighted by molar-refractivity contribution is -0.122. The van der Waals surface area contributed by atoms with Gasteiger partial charge in [-0.15, -0.1) is 0 Å². The Balaban J connectivity index is 1.71. The average molecular weight is 314 g/mol. The second kappa shape index (κ2) is 7.09. The van der Waals surface area contributed by atoms with Crippen LogP contribution in [-0.4, -0.2) is 44.5 Å². The van der Waals surface area contributed by atoms with Crippen molar-refractivity contribution in [1.82, 2.24) is 10.6 Å². The number of rotatable bonds is 6. The van der Waals surface area contributed by atoms with Crippen LogP contribution in [0.3, 0.4) is 0 Å². The summed E-state index contributed by atoms with van der Waals surface area (Å²) in [7, 11) is -3.00. The Kier molecular flexibility index (Phi) is 5.41. The number of hydrogen-bond donors (Lipinski definition) is 2. The molecule has 1 saturated heterocycles. The monoisotopic (exact) mass is 314 g/mol. The minimum atomic E-state index is -3.00. The van der Waals surface area contributed by atoms with E-state index in [1.165, 1.54) is 0 Å². The zero-order valence-corrected chi connectivity index (χ0v) is 13.0. The molecule has 2 atom stereocenters. The van der Waals surface area contributed by atoms with E-state index in [0.717, 1.165) is 18.6 Å². The smallest absolute Gasteiger partial charge is 0.221 e. The van der Waals surface area contributed by atoms with Crippen LogP contribution in [0.5, 0.6) is 0 Å². The zero-order valence-electron chi connectivity index (χ0n) is 12.2. The Hall–Kier alpha value is -1.34. The first kappa shape index (κ1) is 16.0. The maximum absolute atomic E-state index is 11.9. The van der Waals surface area contributed by atoms with Gasteiger partial charge < -0.3 is 15.1 Å². The number of carbonyl (C=O) groups is 1. The van der Waals surface area contributed by atoms with Gasteiger partial charge in [0.05, 0.1) is 17.8 Å². The summed E-state index contributed by atoms with van der Waals surface area (Å²) in [6.45, 7) is 2.36. The summed E-state index contributed by atoms with van der Waals surface area (Å²) in [6.07, 6.45) is 3.39. The highest BCUT2D eigenvalue weighted by molar-refractivity contribution is 7.91. The van der Waals surface area contributed by atoms with Crippen molar-refractivity contribution in [3.8, 4) is 0 Å². The van der Waals surface area contributed by atoms with E-state index < -0.39 is 9.84 Å². The number of aryl methyl sites for hydroxylation is 1. The molecule has 0 aliphatic carbocycles. The van der Waals surface area contributed by atoms with Crippen LogP contribution in [0.2, 0.25) is 0 Å². The fourth-order valence-corrected chi connectivity index (χ4v) is 3.89. The number of nitrogens with one attached hydrogen (secondary N) is 2. The molecule has 0 radical (unpaired) electrons. The van der Waals surface area contributed by atoms with Gasteiger partial charge in [-0.2, -0.15) is 0 Å². The Morgan fingerprint density at radius 2 is 2.38 bits per heavy atom. The Bertz CT molecular complexity index is 554. The molecule has 2 unspecified atom stereocenters. The lowest BCUT2D eigenvalue weighted by Crippen LogP contribution is -2.48. The normalized spacial score (nSPS) is 22.6. The van der Waals surface area contributed by atoms with Crippen LogP contribution in [0.15, 0.2) is 22.8 Å². The number of hydrogen-bond acceptors (Lipinski definition) is 5. The van der Waals surface area contributed by atoms with Crippen LogP contribution in [0.1, 0.15) is 25.5 Å². The van der Waals surface area contributed by atoms with Gasteiger partial charge in [0, 0.05) is 31.5 Å². The predicted octanol–water partition coefficient (Wildman–Crippen LogP) is 0.494. The first-order valence-corrected chi connectivity index (χ1v) is 9.02. The van der Waals surface area contributed by atoms with Crippen LogP contribution >= 0.6 is 0 Å². The number of sulfone groups is 1. The molecule has 118 valence electrons. The predicted molar refractivity (Wildman–Crippen MR) is 79.7 cm³/mol. The van der Waals surface area contributed by atoms with Crippen LogP contribution < -0.4 is 10.6 Å². The third-order valence-electron chi connectivity index (χ3n) is 3.54. The van der Waals surface area contributed by atoms with E-state index in [-0.39, 0.29) is 35.9 Å². The van der Waals surface area contributed by atoms with Crippen molar-refractivity contribution in [1.29, 1.82) is 0 Å². The van der Waals surface area contributed by atoms with Crippen molar-refractivity contribution in [3.63, 3.8) is 0 Å². The molecule has 1 amide bonds. The molecule has 7 heteroatoms. The molecule has 2 rings (SSSR count). The SMILES string of the molecule is CC(CCc1ccco1)NC(=O)CC1CS(=O)(=O)CCN1. The van der Waals surface area contributed by atoms with Gasteiger partial charge >= 0.3 is 0 Å². The quantitative estimate of drug-likeness (QED) is 0.798.